The number of nitrogens with one attached hydrogen (secondary N) is 1. The van der Waals surface area contributed by atoms with Crippen molar-refractivity contribution < 1.29 is 9.13 Å². The van der Waals surface area contributed by atoms with Gasteiger partial charge in [0.1, 0.15) is 6.17 Å². The lowest BCUT2D eigenvalue weighted by atomic mass is 9.82. The lowest BCUT2D eigenvalue weighted by molar-refractivity contribution is 0.0155. The zero-order chi connectivity index (χ0) is 9.80. The summed E-state index contributed by atoms with van der Waals surface area (Å²) in [4.78, 5) is 0. The fourth-order valence-corrected chi connectivity index (χ4v) is 2.58. The Morgan fingerprint density at radius 1 is 1.00 bits per heavy atom. The highest BCUT2D eigenvalue weighted by Gasteiger charge is 2.31. The van der Waals surface area contributed by atoms with Crippen LogP contribution in [0.25, 0.3) is 0 Å². The molecule has 0 amide bonds. The molecule has 0 bridgehead atoms. The van der Waals surface area contributed by atoms with Crippen LogP contribution in [0.5, 0.6) is 0 Å². The third-order valence-electron chi connectivity index (χ3n) is 3.55. The first-order valence-electron chi connectivity index (χ1n) is 5.80. The topological polar surface area (TPSA) is 21.3 Å². The molecule has 1 atom stereocenters. The summed E-state index contributed by atoms with van der Waals surface area (Å²) in [5.74, 6) is 0.575. The average molecular weight is 201 g/mol. The van der Waals surface area contributed by atoms with Gasteiger partial charge in [0.15, 0.2) is 0 Å². The molecule has 82 valence electrons. The van der Waals surface area contributed by atoms with Gasteiger partial charge in [-0.2, -0.15) is 0 Å². The third-order valence-corrected chi connectivity index (χ3v) is 3.55. The minimum Gasteiger partial charge on any atom is -0.381 e. The van der Waals surface area contributed by atoms with Crippen LogP contribution in [0.2, 0.25) is 0 Å². The number of alkyl halides is 1. The molecule has 2 heterocycles. The Morgan fingerprint density at radius 3 is 2.21 bits per heavy atom. The Morgan fingerprint density at radius 2 is 1.57 bits per heavy atom. The van der Waals surface area contributed by atoms with E-state index in [1.165, 1.54) is 0 Å². The van der Waals surface area contributed by atoms with E-state index in [2.05, 4.69) is 5.32 Å². The predicted molar refractivity (Wildman–Crippen MR) is 54.0 cm³/mol. The maximum atomic E-state index is 14.1. The number of hydrogen-bond donors (Lipinski definition) is 1. The van der Waals surface area contributed by atoms with Crippen LogP contribution in [0, 0.1) is 11.8 Å². The molecule has 2 rings (SSSR count). The molecule has 0 radical (unpaired) electrons. The molecular weight excluding hydrogens is 181 g/mol. The Bertz CT molecular complexity index is 147. The summed E-state index contributed by atoms with van der Waals surface area (Å²) in [5, 5.41) is 3.28. The highest BCUT2D eigenvalue weighted by molar-refractivity contribution is 4.81. The van der Waals surface area contributed by atoms with Gasteiger partial charge in [0.25, 0.3) is 0 Å². The SMILES string of the molecule is FC(C1CCNCC1)C1CCOCC1. The van der Waals surface area contributed by atoms with E-state index in [9.17, 15) is 4.39 Å². The number of ether oxygens (including phenoxy) is 1. The average Bonchev–Trinajstić information content (AvgIpc) is 2.30. The van der Waals surface area contributed by atoms with Crippen LogP contribution < -0.4 is 5.32 Å². The van der Waals surface area contributed by atoms with Crippen molar-refractivity contribution in [1.29, 1.82) is 0 Å². The van der Waals surface area contributed by atoms with Crippen molar-refractivity contribution >= 4 is 0 Å². The normalized spacial score (nSPS) is 28.9. The molecule has 3 heteroatoms. The van der Waals surface area contributed by atoms with E-state index in [0.29, 0.717) is 5.92 Å². The molecule has 0 spiro atoms. The number of rotatable bonds is 2. The van der Waals surface area contributed by atoms with E-state index < -0.39 is 6.17 Å². The van der Waals surface area contributed by atoms with Crippen molar-refractivity contribution in [3.05, 3.63) is 0 Å². The fraction of sp³-hybridized carbons (Fsp3) is 1.00. The molecule has 0 aromatic carbocycles. The first-order chi connectivity index (χ1) is 6.88. The van der Waals surface area contributed by atoms with Crippen molar-refractivity contribution in [1.82, 2.24) is 5.32 Å². The van der Waals surface area contributed by atoms with E-state index in [-0.39, 0.29) is 5.92 Å². The van der Waals surface area contributed by atoms with Gasteiger partial charge in [-0.1, -0.05) is 0 Å². The molecule has 2 nitrogen and oxygen atoms in total. The predicted octanol–water partition coefficient (Wildman–Crippen LogP) is 1.75. The smallest absolute Gasteiger partial charge is 0.106 e. The van der Waals surface area contributed by atoms with Crippen LogP contribution in [-0.4, -0.2) is 32.5 Å². The number of hydrogen-bond acceptors (Lipinski definition) is 2. The highest BCUT2D eigenvalue weighted by atomic mass is 19.1. The van der Waals surface area contributed by atoms with E-state index in [1.807, 2.05) is 0 Å². The monoisotopic (exact) mass is 201 g/mol. The van der Waals surface area contributed by atoms with Crippen LogP contribution in [0.1, 0.15) is 25.7 Å². The first kappa shape index (κ1) is 10.4. The minimum absolute atomic E-state index is 0.270. The van der Waals surface area contributed by atoms with E-state index in [1.54, 1.807) is 0 Å². The maximum Gasteiger partial charge on any atom is 0.106 e. The molecule has 1 unspecified atom stereocenters. The molecule has 2 saturated heterocycles. The van der Waals surface area contributed by atoms with Gasteiger partial charge in [0.2, 0.25) is 0 Å². The summed E-state index contributed by atoms with van der Waals surface area (Å²) in [6.45, 7) is 3.51. The Kier molecular flexibility index (Phi) is 3.76. The van der Waals surface area contributed by atoms with Gasteiger partial charge < -0.3 is 10.1 Å². The molecule has 2 aliphatic heterocycles. The van der Waals surface area contributed by atoms with Gasteiger partial charge in [0.05, 0.1) is 0 Å². The van der Waals surface area contributed by atoms with E-state index in [4.69, 9.17) is 4.74 Å². The Hall–Kier alpha value is -0.150. The van der Waals surface area contributed by atoms with Gasteiger partial charge in [-0.15, -0.1) is 0 Å². The molecule has 0 aromatic heterocycles. The van der Waals surface area contributed by atoms with E-state index >= 15 is 0 Å². The standard InChI is InChI=1S/C11H20FNO/c12-11(9-1-5-13-6-2-9)10-3-7-14-8-4-10/h9-11,13H,1-8H2. The summed E-state index contributed by atoms with van der Waals surface area (Å²) < 4.78 is 19.3. The van der Waals surface area contributed by atoms with Crippen LogP contribution in [0.4, 0.5) is 4.39 Å². The Balaban J connectivity index is 1.82. The summed E-state index contributed by atoms with van der Waals surface area (Å²) in [6.07, 6.45) is 3.29. The molecule has 0 saturated carbocycles. The van der Waals surface area contributed by atoms with Crippen molar-refractivity contribution in [3.8, 4) is 0 Å². The second-order valence-corrected chi connectivity index (χ2v) is 4.48. The summed E-state index contributed by atoms with van der Waals surface area (Å²) in [5.41, 5.74) is 0. The van der Waals surface area contributed by atoms with Crippen LogP contribution in [-0.2, 0) is 4.74 Å². The van der Waals surface area contributed by atoms with Crippen LogP contribution >= 0.6 is 0 Å². The number of halogens is 1. The third kappa shape index (κ3) is 2.45. The number of piperidine rings is 1. The second-order valence-electron chi connectivity index (χ2n) is 4.48. The molecule has 2 fully saturated rings. The van der Waals surface area contributed by atoms with Crippen LogP contribution in [0.3, 0.4) is 0 Å². The summed E-state index contributed by atoms with van der Waals surface area (Å²) in [7, 11) is 0. The molecule has 14 heavy (non-hydrogen) atoms. The summed E-state index contributed by atoms with van der Waals surface area (Å²) in [6, 6.07) is 0. The quantitative estimate of drug-likeness (QED) is 0.735. The molecule has 2 aliphatic rings. The minimum atomic E-state index is -0.582. The zero-order valence-electron chi connectivity index (χ0n) is 8.68. The van der Waals surface area contributed by atoms with Crippen molar-refractivity contribution in [3.63, 3.8) is 0 Å². The van der Waals surface area contributed by atoms with Gasteiger partial charge in [-0.25, -0.2) is 4.39 Å². The molecule has 0 aliphatic carbocycles. The summed E-state index contributed by atoms with van der Waals surface area (Å²) >= 11 is 0. The zero-order valence-corrected chi connectivity index (χ0v) is 8.68. The molecule has 0 aromatic rings. The van der Waals surface area contributed by atoms with Gasteiger partial charge in [-0.3, -0.25) is 0 Å². The Labute approximate surface area is 85.2 Å². The van der Waals surface area contributed by atoms with Gasteiger partial charge in [-0.05, 0) is 50.6 Å². The molecular formula is C11H20FNO. The van der Waals surface area contributed by atoms with E-state index in [0.717, 1.165) is 52.0 Å². The maximum absolute atomic E-state index is 14.1. The largest absolute Gasteiger partial charge is 0.381 e. The molecule has 1 N–H and O–H groups in total. The van der Waals surface area contributed by atoms with Crippen molar-refractivity contribution in [2.75, 3.05) is 26.3 Å². The highest BCUT2D eigenvalue weighted by Crippen LogP contribution is 2.30. The van der Waals surface area contributed by atoms with Crippen molar-refractivity contribution in [2.45, 2.75) is 31.9 Å². The van der Waals surface area contributed by atoms with Gasteiger partial charge in [0, 0.05) is 13.2 Å². The van der Waals surface area contributed by atoms with Crippen LogP contribution in [0.15, 0.2) is 0 Å². The lowest BCUT2D eigenvalue weighted by Crippen LogP contribution is -2.37. The lowest BCUT2D eigenvalue weighted by Gasteiger charge is -2.32. The van der Waals surface area contributed by atoms with Crippen molar-refractivity contribution in [2.24, 2.45) is 11.8 Å². The second kappa shape index (κ2) is 5.08. The fourth-order valence-electron chi connectivity index (χ4n) is 2.58. The van der Waals surface area contributed by atoms with Gasteiger partial charge >= 0.3 is 0 Å². The first-order valence-corrected chi connectivity index (χ1v) is 5.80.